The molecule has 0 spiro atoms. The van der Waals surface area contributed by atoms with E-state index in [4.69, 9.17) is 11.6 Å². The summed E-state index contributed by atoms with van der Waals surface area (Å²) in [5, 5.41) is 0. The third-order valence-corrected chi connectivity index (χ3v) is 3.45. The molecule has 0 saturated heterocycles. The topological polar surface area (TPSA) is 98.8 Å². The molecule has 1 heterocycles. The highest BCUT2D eigenvalue weighted by Crippen LogP contribution is 2.33. The molecule has 0 aliphatic carbocycles. The number of para-hydroxylation sites is 2. The molecular weight excluding hydrogens is 324 g/mol. The highest BCUT2D eigenvalue weighted by molar-refractivity contribution is 6.27. The Kier molecular flexibility index (Phi) is 5.17. The zero-order valence-corrected chi connectivity index (χ0v) is 13.1. The number of rotatable bonds is 3. The number of alkyl halides is 1. The molecule has 1 aromatic rings. The highest BCUT2D eigenvalue weighted by Gasteiger charge is 2.31. The molecule has 0 unspecified atom stereocenters. The number of fused-ring (bicyclic) bond motifs is 1. The second kappa shape index (κ2) is 7.10. The second-order valence-electron chi connectivity index (χ2n) is 4.80. The van der Waals surface area contributed by atoms with Gasteiger partial charge in [-0.3, -0.25) is 34.9 Å². The van der Waals surface area contributed by atoms with Gasteiger partial charge in [-0.1, -0.05) is 12.1 Å². The van der Waals surface area contributed by atoms with Crippen molar-refractivity contribution in [2.24, 2.45) is 0 Å². The minimum absolute atomic E-state index is 0.145. The van der Waals surface area contributed by atoms with Gasteiger partial charge < -0.3 is 4.90 Å². The predicted molar refractivity (Wildman–Crippen MR) is 83.8 cm³/mol. The normalized spacial score (nSPS) is 13.4. The standard InChI is InChI=1S/C14H15ClN4O4/c1-9(20)18-8-14(23)19(11-5-3-2-4-10(11)18)7-13(22)17-16-12(21)6-15/h2-5H,6-8H2,1H3,(H,16,21)(H,17,22). The van der Waals surface area contributed by atoms with Crippen LogP contribution in [0.1, 0.15) is 6.92 Å². The van der Waals surface area contributed by atoms with Crippen molar-refractivity contribution in [3.05, 3.63) is 24.3 Å². The van der Waals surface area contributed by atoms with Crippen LogP contribution in [0.15, 0.2) is 24.3 Å². The van der Waals surface area contributed by atoms with Gasteiger partial charge in [-0.25, -0.2) is 0 Å². The molecule has 2 N–H and O–H groups in total. The molecule has 4 amide bonds. The van der Waals surface area contributed by atoms with Crippen LogP contribution in [0.3, 0.4) is 0 Å². The minimum Gasteiger partial charge on any atom is -0.301 e. The van der Waals surface area contributed by atoms with E-state index < -0.39 is 17.7 Å². The maximum absolute atomic E-state index is 12.2. The largest absolute Gasteiger partial charge is 0.301 e. The van der Waals surface area contributed by atoms with Gasteiger partial charge in [0.05, 0.1) is 11.4 Å². The Labute approximate surface area is 137 Å². The number of amides is 4. The SMILES string of the molecule is CC(=O)N1CC(=O)N(CC(=O)NNC(=O)CCl)c2ccccc21. The number of nitrogens with zero attached hydrogens (tertiary/aromatic N) is 2. The van der Waals surface area contributed by atoms with Crippen molar-refractivity contribution in [3.63, 3.8) is 0 Å². The molecule has 0 aromatic heterocycles. The molecule has 0 radical (unpaired) electrons. The number of carbonyl (C=O) groups excluding carboxylic acids is 4. The monoisotopic (exact) mass is 338 g/mol. The average molecular weight is 339 g/mol. The maximum atomic E-state index is 12.2. The van der Waals surface area contributed by atoms with Gasteiger partial charge in [0.1, 0.15) is 19.0 Å². The van der Waals surface area contributed by atoms with Gasteiger partial charge in [0, 0.05) is 6.92 Å². The summed E-state index contributed by atoms with van der Waals surface area (Å²) < 4.78 is 0. The van der Waals surface area contributed by atoms with E-state index in [9.17, 15) is 19.2 Å². The van der Waals surface area contributed by atoms with Gasteiger partial charge in [-0.05, 0) is 12.1 Å². The summed E-state index contributed by atoms with van der Waals surface area (Å²) in [6.07, 6.45) is 0. The number of benzene rings is 1. The Balaban J connectivity index is 2.17. The first-order chi connectivity index (χ1) is 10.9. The minimum atomic E-state index is -0.581. The maximum Gasteiger partial charge on any atom is 0.258 e. The Morgan fingerprint density at radius 3 is 2.35 bits per heavy atom. The molecule has 1 aliphatic heterocycles. The molecule has 2 rings (SSSR count). The van der Waals surface area contributed by atoms with Gasteiger partial charge >= 0.3 is 0 Å². The first-order valence-corrected chi connectivity index (χ1v) is 7.28. The lowest BCUT2D eigenvalue weighted by Gasteiger charge is -2.35. The molecular formula is C14H15ClN4O4. The number of halogens is 1. The van der Waals surface area contributed by atoms with Crippen LogP contribution in [-0.4, -0.2) is 42.6 Å². The number of hydrazine groups is 1. The van der Waals surface area contributed by atoms with Crippen molar-refractivity contribution in [1.29, 1.82) is 0 Å². The van der Waals surface area contributed by atoms with E-state index in [1.165, 1.54) is 16.7 Å². The molecule has 1 aromatic carbocycles. The van der Waals surface area contributed by atoms with Crippen LogP contribution >= 0.6 is 11.6 Å². The fourth-order valence-corrected chi connectivity index (χ4v) is 2.24. The highest BCUT2D eigenvalue weighted by atomic mass is 35.5. The summed E-state index contributed by atoms with van der Waals surface area (Å²) in [7, 11) is 0. The van der Waals surface area contributed by atoms with Gasteiger partial charge in [-0.15, -0.1) is 11.6 Å². The third kappa shape index (κ3) is 3.78. The van der Waals surface area contributed by atoms with Crippen LogP contribution < -0.4 is 20.7 Å². The number of hydrogen-bond donors (Lipinski definition) is 2. The molecule has 1 aliphatic rings. The second-order valence-corrected chi connectivity index (χ2v) is 5.07. The van der Waals surface area contributed by atoms with Crippen LogP contribution in [0.5, 0.6) is 0 Å². The molecule has 0 saturated carbocycles. The van der Waals surface area contributed by atoms with Crippen molar-refractivity contribution in [2.45, 2.75) is 6.92 Å². The van der Waals surface area contributed by atoms with Gasteiger partial charge in [0.2, 0.25) is 11.8 Å². The number of hydrogen-bond acceptors (Lipinski definition) is 4. The van der Waals surface area contributed by atoms with Gasteiger partial charge in [-0.2, -0.15) is 0 Å². The molecule has 23 heavy (non-hydrogen) atoms. The fourth-order valence-electron chi connectivity index (χ4n) is 2.17. The van der Waals surface area contributed by atoms with Crippen LogP contribution in [0.2, 0.25) is 0 Å². The quantitative estimate of drug-likeness (QED) is 0.587. The lowest BCUT2D eigenvalue weighted by molar-refractivity contribution is -0.128. The smallest absolute Gasteiger partial charge is 0.258 e. The number of nitrogens with one attached hydrogen (secondary N) is 2. The Morgan fingerprint density at radius 1 is 1.13 bits per heavy atom. The third-order valence-electron chi connectivity index (χ3n) is 3.20. The molecule has 0 atom stereocenters. The number of carbonyl (C=O) groups is 4. The Bertz CT molecular complexity index is 664. The molecule has 122 valence electrons. The fraction of sp³-hybridized carbons (Fsp3) is 0.286. The van der Waals surface area contributed by atoms with Crippen LogP contribution in [0, 0.1) is 0 Å². The van der Waals surface area contributed by atoms with E-state index in [0.29, 0.717) is 11.4 Å². The van der Waals surface area contributed by atoms with Crippen molar-refractivity contribution in [3.8, 4) is 0 Å². The predicted octanol–water partition coefficient (Wildman–Crippen LogP) is -0.228. The first-order valence-electron chi connectivity index (χ1n) is 6.75. The number of anilines is 2. The van der Waals surface area contributed by atoms with E-state index >= 15 is 0 Å². The van der Waals surface area contributed by atoms with E-state index in [-0.39, 0.29) is 24.9 Å². The van der Waals surface area contributed by atoms with Crippen molar-refractivity contribution < 1.29 is 19.2 Å². The summed E-state index contributed by atoms with van der Waals surface area (Å²) in [6.45, 7) is 0.936. The van der Waals surface area contributed by atoms with Gasteiger partial charge in [0.15, 0.2) is 0 Å². The van der Waals surface area contributed by atoms with E-state index in [0.717, 1.165) is 0 Å². The van der Waals surface area contributed by atoms with Crippen LogP contribution in [0.25, 0.3) is 0 Å². The molecule has 0 bridgehead atoms. The lowest BCUT2D eigenvalue weighted by atomic mass is 10.1. The van der Waals surface area contributed by atoms with Crippen molar-refractivity contribution >= 4 is 46.6 Å². The Morgan fingerprint density at radius 2 is 1.74 bits per heavy atom. The summed E-state index contributed by atoms with van der Waals surface area (Å²) in [5.74, 6) is -2.09. The molecule has 0 fully saturated rings. The Hall–Kier alpha value is -2.61. The summed E-state index contributed by atoms with van der Waals surface area (Å²) >= 11 is 5.30. The van der Waals surface area contributed by atoms with Gasteiger partial charge in [0.25, 0.3) is 11.8 Å². The van der Waals surface area contributed by atoms with Crippen molar-refractivity contribution in [2.75, 3.05) is 28.8 Å². The van der Waals surface area contributed by atoms with Crippen LogP contribution in [0.4, 0.5) is 11.4 Å². The van der Waals surface area contributed by atoms with E-state index in [1.54, 1.807) is 24.3 Å². The lowest BCUT2D eigenvalue weighted by Crippen LogP contribution is -2.52. The first kappa shape index (κ1) is 16.8. The van der Waals surface area contributed by atoms with E-state index in [1.807, 2.05) is 0 Å². The summed E-state index contributed by atoms with van der Waals surface area (Å²) in [4.78, 5) is 49.4. The van der Waals surface area contributed by atoms with E-state index in [2.05, 4.69) is 10.9 Å². The van der Waals surface area contributed by atoms with Crippen LogP contribution in [-0.2, 0) is 19.2 Å². The summed E-state index contributed by atoms with van der Waals surface area (Å²) in [5.41, 5.74) is 5.29. The summed E-state index contributed by atoms with van der Waals surface area (Å²) in [6, 6.07) is 6.79. The molecule has 9 heteroatoms. The zero-order valence-electron chi connectivity index (χ0n) is 12.3. The molecule has 8 nitrogen and oxygen atoms in total. The average Bonchev–Trinajstić information content (AvgIpc) is 2.54. The van der Waals surface area contributed by atoms with Crippen molar-refractivity contribution in [1.82, 2.24) is 10.9 Å². The zero-order chi connectivity index (χ0) is 17.0.